The van der Waals surface area contributed by atoms with E-state index in [1.54, 1.807) is 25.0 Å². The van der Waals surface area contributed by atoms with Crippen LogP contribution < -0.4 is 15.0 Å². The lowest BCUT2D eigenvalue weighted by Gasteiger charge is -2.34. The average molecular weight is 428 g/mol. The van der Waals surface area contributed by atoms with Gasteiger partial charge in [0.25, 0.3) is 5.56 Å². The van der Waals surface area contributed by atoms with Crippen molar-refractivity contribution in [3.63, 3.8) is 0 Å². The molecule has 1 N–H and O–H groups in total. The van der Waals surface area contributed by atoms with E-state index < -0.39 is 6.04 Å². The van der Waals surface area contributed by atoms with E-state index in [9.17, 15) is 4.79 Å². The van der Waals surface area contributed by atoms with Crippen molar-refractivity contribution in [2.45, 2.75) is 32.4 Å². The molecule has 3 heterocycles. The van der Waals surface area contributed by atoms with Crippen LogP contribution in [0.4, 0.5) is 0 Å². The van der Waals surface area contributed by atoms with Crippen LogP contribution in [0.3, 0.4) is 0 Å². The van der Waals surface area contributed by atoms with Gasteiger partial charge in [-0.1, -0.05) is 0 Å². The summed E-state index contributed by atoms with van der Waals surface area (Å²) in [5.41, 5.74) is 0.702. The lowest BCUT2D eigenvalue weighted by atomic mass is 10.0. The molecule has 1 aliphatic heterocycles. The molecule has 10 nitrogen and oxygen atoms in total. The fourth-order valence-corrected chi connectivity index (χ4v) is 3.93. The van der Waals surface area contributed by atoms with Gasteiger partial charge >= 0.3 is 0 Å². The van der Waals surface area contributed by atoms with E-state index in [0.29, 0.717) is 54.7 Å². The lowest BCUT2D eigenvalue weighted by Crippen LogP contribution is -2.43. The van der Waals surface area contributed by atoms with Gasteiger partial charge in [-0.15, -0.1) is 5.10 Å². The SMILES string of the molecule is COc1cc2cc([C@H](c3nnnn3C(C)(C)C)N3CCOCC3)c(=O)[nH]c2cc1OC. The molecule has 10 heteroatoms. The number of nitrogens with one attached hydrogen (secondary N) is 1. The molecule has 0 spiro atoms. The van der Waals surface area contributed by atoms with E-state index in [4.69, 9.17) is 14.2 Å². The van der Waals surface area contributed by atoms with Crippen LogP contribution in [0.1, 0.15) is 38.2 Å². The maximum atomic E-state index is 13.3. The molecule has 0 radical (unpaired) electrons. The van der Waals surface area contributed by atoms with Crippen molar-refractivity contribution in [3.8, 4) is 11.5 Å². The number of fused-ring (bicyclic) bond motifs is 1. The Morgan fingerprint density at radius 1 is 1.10 bits per heavy atom. The van der Waals surface area contributed by atoms with Gasteiger partial charge in [-0.3, -0.25) is 9.69 Å². The summed E-state index contributed by atoms with van der Waals surface area (Å²) in [6.45, 7) is 8.62. The summed E-state index contributed by atoms with van der Waals surface area (Å²) in [5, 5.41) is 13.3. The minimum absolute atomic E-state index is 0.195. The van der Waals surface area contributed by atoms with E-state index in [0.717, 1.165) is 5.39 Å². The molecule has 1 atom stereocenters. The van der Waals surface area contributed by atoms with E-state index in [2.05, 4.69) is 25.4 Å². The molecule has 0 aliphatic carbocycles. The number of benzene rings is 1. The van der Waals surface area contributed by atoms with Crippen molar-refractivity contribution >= 4 is 10.9 Å². The fraction of sp³-hybridized carbons (Fsp3) is 0.524. The van der Waals surface area contributed by atoms with E-state index in [-0.39, 0.29) is 11.1 Å². The van der Waals surface area contributed by atoms with Crippen LogP contribution >= 0.6 is 0 Å². The van der Waals surface area contributed by atoms with Crippen LogP contribution in [0.2, 0.25) is 0 Å². The second-order valence-corrected chi connectivity index (χ2v) is 8.52. The van der Waals surface area contributed by atoms with Crippen molar-refractivity contribution < 1.29 is 14.2 Å². The van der Waals surface area contributed by atoms with E-state index in [1.165, 1.54) is 0 Å². The Bertz CT molecular complexity index is 1130. The quantitative estimate of drug-likeness (QED) is 0.654. The van der Waals surface area contributed by atoms with Crippen LogP contribution in [0.15, 0.2) is 23.0 Å². The van der Waals surface area contributed by atoms with Gasteiger partial charge in [-0.25, -0.2) is 4.68 Å². The number of aromatic nitrogens is 5. The molecule has 1 fully saturated rings. The smallest absolute Gasteiger partial charge is 0.253 e. The molecule has 2 aromatic heterocycles. The first-order valence-electron chi connectivity index (χ1n) is 10.2. The molecule has 4 rings (SSSR count). The predicted molar refractivity (Wildman–Crippen MR) is 115 cm³/mol. The van der Waals surface area contributed by atoms with Crippen molar-refractivity contribution in [2.24, 2.45) is 0 Å². The first-order valence-corrected chi connectivity index (χ1v) is 10.2. The van der Waals surface area contributed by atoms with Crippen molar-refractivity contribution in [1.82, 2.24) is 30.1 Å². The summed E-state index contributed by atoms with van der Waals surface area (Å²) in [5.74, 6) is 1.77. The van der Waals surface area contributed by atoms with Crippen molar-refractivity contribution in [3.05, 3.63) is 39.9 Å². The number of hydrogen-bond acceptors (Lipinski definition) is 8. The molecule has 31 heavy (non-hydrogen) atoms. The van der Waals surface area contributed by atoms with Gasteiger partial charge in [0.2, 0.25) is 0 Å². The molecule has 3 aromatic rings. The zero-order valence-electron chi connectivity index (χ0n) is 18.5. The Labute approximate surface area is 180 Å². The van der Waals surface area contributed by atoms with Crippen molar-refractivity contribution in [1.29, 1.82) is 0 Å². The summed E-state index contributed by atoms with van der Waals surface area (Å²) in [6, 6.07) is 5.09. The Morgan fingerprint density at radius 3 is 2.42 bits per heavy atom. The highest BCUT2D eigenvalue weighted by molar-refractivity contribution is 5.83. The monoisotopic (exact) mass is 428 g/mol. The molecule has 1 aliphatic rings. The maximum Gasteiger partial charge on any atom is 0.253 e. The third-order valence-electron chi connectivity index (χ3n) is 5.46. The molecule has 0 unspecified atom stereocenters. The Balaban J connectivity index is 1.92. The molecule has 1 saturated heterocycles. The lowest BCUT2D eigenvalue weighted by molar-refractivity contribution is 0.0206. The number of rotatable bonds is 5. The molecule has 1 aromatic carbocycles. The third-order valence-corrected chi connectivity index (χ3v) is 5.46. The minimum Gasteiger partial charge on any atom is -0.493 e. The normalized spacial score (nSPS) is 16.4. The van der Waals surface area contributed by atoms with Gasteiger partial charge in [0.15, 0.2) is 17.3 Å². The predicted octanol–water partition coefficient (Wildman–Crippen LogP) is 1.71. The number of methoxy groups -OCH3 is 2. The number of pyridine rings is 1. The van der Waals surface area contributed by atoms with E-state index >= 15 is 0 Å². The molecular formula is C21H28N6O4. The summed E-state index contributed by atoms with van der Waals surface area (Å²) >= 11 is 0. The summed E-state index contributed by atoms with van der Waals surface area (Å²) in [6.07, 6.45) is 0. The first kappa shape index (κ1) is 21.3. The largest absolute Gasteiger partial charge is 0.493 e. The number of ether oxygens (including phenoxy) is 3. The highest BCUT2D eigenvalue weighted by atomic mass is 16.5. The second-order valence-electron chi connectivity index (χ2n) is 8.52. The topological polar surface area (TPSA) is 107 Å². The Hall–Kier alpha value is -2.98. The van der Waals surface area contributed by atoms with Gasteiger partial charge in [0, 0.05) is 30.1 Å². The Morgan fingerprint density at radius 2 is 1.77 bits per heavy atom. The molecule has 0 bridgehead atoms. The standard InChI is InChI=1S/C21H28N6O4/c1-21(2,3)27-19(23-24-25-27)18(26-6-8-31-9-7-26)14-10-13-11-16(29-4)17(30-5)12-15(13)22-20(14)28/h10-12,18H,6-9H2,1-5H3,(H,22,28)/t18-/m1/s1. The number of hydrogen-bond donors (Lipinski definition) is 1. The number of H-pyrrole nitrogens is 1. The number of nitrogens with zero attached hydrogens (tertiary/aromatic N) is 5. The Kier molecular flexibility index (Phi) is 5.67. The first-order chi connectivity index (χ1) is 14.8. The van der Waals surface area contributed by atoms with Gasteiger partial charge < -0.3 is 19.2 Å². The zero-order chi connectivity index (χ0) is 22.2. The van der Waals surface area contributed by atoms with Gasteiger partial charge in [0.1, 0.15) is 6.04 Å². The van der Waals surface area contributed by atoms with Crippen LogP contribution in [0.25, 0.3) is 10.9 Å². The summed E-state index contributed by atoms with van der Waals surface area (Å²) in [4.78, 5) is 18.5. The van der Waals surface area contributed by atoms with Crippen molar-refractivity contribution in [2.75, 3.05) is 40.5 Å². The average Bonchev–Trinajstić information content (AvgIpc) is 3.24. The van der Waals surface area contributed by atoms with Crippen LogP contribution in [-0.4, -0.2) is 70.6 Å². The molecule has 0 saturated carbocycles. The third kappa shape index (κ3) is 4.00. The minimum atomic E-state index is -0.417. The van der Waals surface area contributed by atoms with Crippen LogP contribution in [0.5, 0.6) is 11.5 Å². The highest BCUT2D eigenvalue weighted by Gasteiger charge is 2.34. The van der Waals surface area contributed by atoms with Crippen LogP contribution in [0, 0.1) is 0 Å². The number of aromatic amines is 1. The molecular weight excluding hydrogens is 400 g/mol. The molecule has 0 amide bonds. The summed E-state index contributed by atoms with van der Waals surface area (Å²) < 4.78 is 18.1. The molecule has 166 valence electrons. The summed E-state index contributed by atoms with van der Waals surface area (Å²) in [7, 11) is 3.15. The van der Waals surface area contributed by atoms with Gasteiger partial charge in [-0.2, -0.15) is 0 Å². The van der Waals surface area contributed by atoms with E-state index in [1.807, 2.05) is 32.9 Å². The fourth-order valence-electron chi connectivity index (χ4n) is 3.93. The second kappa shape index (κ2) is 8.27. The number of tetrazole rings is 1. The maximum absolute atomic E-state index is 13.3. The van der Waals surface area contributed by atoms with Gasteiger partial charge in [0.05, 0.1) is 38.5 Å². The van der Waals surface area contributed by atoms with Gasteiger partial charge in [-0.05, 0) is 43.3 Å². The number of morpholine rings is 1. The van der Waals surface area contributed by atoms with Crippen LogP contribution in [-0.2, 0) is 10.3 Å². The zero-order valence-corrected chi connectivity index (χ0v) is 18.5. The highest BCUT2D eigenvalue weighted by Crippen LogP contribution is 2.34.